The number of amides is 2. The van der Waals surface area contributed by atoms with Gasteiger partial charge in [0.05, 0.1) is 5.92 Å². The van der Waals surface area contributed by atoms with E-state index < -0.39 is 0 Å². The zero-order valence-corrected chi connectivity index (χ0v) is 15.7. The molecule has 0 spiro atoms. The highest BCUT2D eigenvalue weighted by Crippen LogP contribution is 2.28. The molecule has 5 nitrogen and oxygen atoms in total. The molecule has 2 amide bonds. The minimum Gasteiger partial charge on any atom is -0.508 e. The van der Waals surface area contributed by atoms with Gasteiger partial charge in [0.15, 0.2) is 0 Å². The van der Waals surface area contributed by atoms with Gasteiger partial charge in [-0.2, -0.15) is 0 Å². The molecule has 0 saturated carbocycles. The largest absolute Gasteiger partial charge is 0.508 e. The van der Waals surface area contributed by atoms with Crippen LogP contribution in [0.1, 0.15) is 12.0 Å². The standard InChI is InChI=1S/C20H22N2O3S/c1-21(12-14-3-7-17(23)8-4-14)20(25)15-11-19(24)22(13-15)16-5-9-18(26-2)10-6-16/h3-10,15,23H,11-13H2,1-2H3/t15-/m0/s1. The molecule has 0 aromatic heterocycles. The Bertz CT molecular complexity index is 790. The number of hydrogen-bond donors (Lipinski definition) is 1. The van der Waals surface area contributed by atoms with Crippen molar-refractivity contribution in [2.45, 2.75) is 17.9 Å². The van der Waals surface area contributed by atoms with Crippen molar-refractivity contribution < 1.29 is 14.7 Å². The van der Waals surface area contributed by atoms with Crippen molar-refractivity contribution in [2.24, 2.45) is 5.92 Å². The number of aromatic hydroxyl groups is 1. The highest BCUT2D eigenvalue weighted by molar-refractivity contribution is 7.98. The van der Waals surface area contributed by atoms with Crippen LogP contribution in [0, 0.1) is 5.92 Å². The molecule has 1 aliphatic rings. The van der Waals surface area contributed by atoms with Crippen LogP contribution in [0.15, 0.2) is 53.4 Å². The molecule has 136 valence electrons. The Morgan fingerprint density at radius 3 is 2.46 bits per heavy atom. The van der Waals surface area contributed by atoms with Crippen molar-refractivity contribution in [1.29, 1.82) is 0 Å². The Balaban J connectivity index is 1.64. The van der Waals surface area contributed by atoms with Gasteiger partial charge in [0, 0.05) is 37.1 Å². The van der Waals surface area contributed by atoms with E-state index >= 15 is 0 Å². The summed E-state index contributed by atoms with van der Waals surface area (Å²) < 4.78 is 0. The normalized spacial score (nSPS) is 16.8. The number of carbonyl (C=O) groups is 2. The van der Waals surface area contributed by atoms with Crippen molar-refractivity contribution >= 4 is 29.3 Å². The number of nitrogens with zero attached hydrogens (tertiary/aromatic N) is 2. The second-order valence-corrected chi connectivity index (χ2v) is 7.34. The molecule has 1 saturated heterocycles. The Hall–Kier alpha value is -2.47. The maximum absolute atomic E-state index is 12.7. The summed E-state index contributed by atoms with van der Waals surface area (Å²) in [5, 5.41) is 9.35. The Morgan fingerprint density at radius 1 is 1.19 bits per heavy atom. The number of phenolic OH excluding ortho intramolecular Hbond substituents is 1. The van der Waals surface area contributed by atoms with Crippen LogP contribution in [-0.4, -0.2) is 41.7 Å². The maximum Gasteiger partial charge on any atom is 0.228 e. The highest BCUT2D eigenvalue weighted by atomic mass is 32.2. The van der Waals surface area contributed by atoms with Gasteiger partial charge in [0.1, 0.15) is 5.75 Å². The van der Waals surface area contributed by atoms with Crippen LogP contribution in [0.25, 0.3) is 0 Å². The summed E-state index contributed by atoms with van der Waals surface area (Å²) in [5.41, 5.74) is 1.77. The zero-order valence-electron chi connectivity index (χ0n) is 14.9. The lowest BCUT2D eigenvalue weighted by molar-refractivity contribution is -0.135. The van der Waals surface area contributed by atoms with E-state index in [1.54, 1.807) is 52.9 Å². The maximum atomic E-state index is 12.7. The second-order valence-electron chi connectivity index (χ2n) is 6.46. The van der Waals surface area contributed by atoms with Crippen molar-refractivity contribution in [3.8, 4) is 5.75 Å². The third kappa shape index (κ3) is 4.02. The molecule has 0 aliphatic carbocycles. The van der Waals surface area contributed by atoms with E-state index in [0.29, 0.717) is 13.1 Å². The number of phenols is 1. The van der Waals surface area contributed by atoms with E-state index in [1.807, 2.05) is 30.5 Å². The van der Waals surface area contributed by atoms with Crippen LogP contribution >= 0.6 is 11.8 Å². The van der Waals surface area contributed by atoms with Gasteiger partial charge in [-0.25, -0.2) is 0 Å². The average molecular weight is 370 g/mol. The van der Waals surface area contributed by atoms with Crippen molar-refractivity contribution in [1.82, 2.24) is 4.90 Å². The fraction of sp³-hybridized carbons (Fsp3) is 0.300. The molecule has 26 heavy (non-hydrogen) atoms. The van der Waals surface area contributed by atoms with Gasteiger partial charge in [-0.15, -0.1) is 11.8 Å². The molecule has 1 N–H and O–H groups in total. The first-order chi connectivity index (χ1) is 12.5. The SMILES string of the molecule is CSc1ccc(N2C[C@@H](C(=O)N(C)Cc3ccc(O)cc3)CC2=O)cc1. The lowest BCUT2D eigenvalue weighted by atomic mass is 10.1. The number of hydrogen-bond acceptors (Lipinski definition) is 4. The molecule has 0 bridgehead atoms. The Labute approximate surface area is 157 Å². The predicted molar refractivity (Wildman–Crippen MR) is 103 cm³/mol. The number of thioether (sulfide) groups is 1. The van der Waals surface area contributed by atoms with E-state index in [2.05, 4.69) is 0 Å². The quantitative estimate of drug-likeness (QED) is 0.822. The molecule has 6 heteroatoms. The van der Waals surface area contributed by atoms with Gasteiger partial charge < -0.3 is 14.9 Å². The molecular weight excluding hydrogens is 348 g/mol. The molecule has 1 atom stereocenters. The molecule has 2 aromatic rings. The van der Waals surface area contributed by atoms with Gasteiger partial charge in [-0.1, -0.05) is 12.1 Å². The monoisotopic (exact) mass is 370 g/mol. The fourth-order valence-electron chi connectivity index (χ4n) is 3.15. The summed E-state index contributed by atoms with van der Waals surface area (Å²) in [6.45, 7) is 0.864. The summed E-state index contributed by atoms with van der Waals surface area (Å²) in [6, 6.07) is 14.6. The van der Waals surface area contributed by atoms with E-state index in [1.165, 1.54) is 0 Å². The Morgan fingerprint density at radius 2 is 1.85 bits per heavy atom. The van der Waals surface area contributed by atoms with Gasteiger partial charge >= 0.3 is 0 Å². The van der Waals surface area contributed by atoms with E-state index in [0.717, 1.165) is 16.1 Å². The summed E-state index contributed by atoms with van der Waals surface area (Å²) in [7, 11) is 1.75. The number of anilines is 1. The van der Waals surface area contributed by atoms with E-state index in [-0.39, 0.29) is 29.9 Å². The second kappa shape index (κ2) is 7.83. The molecule has 0 unspecified atom stereocenters. The topological polar surface area (TPSA) is 60.9 Å². The minimum atomic E-state index is -0.329. The summed E-state index contributed by atoms with van der Waals surface area (Å²) in [4.78, 5) is 29.6. The van der Waals surface area contributed by atoms with Crippen LogP contribution in [0.2, 0.25) is 0 Å². The summed E-state index contributed by atoms with van der Waals surface area (Å²) in [5.74, 6) is -0.176. The van der Waals surface area contributed by atoms with Gasteiger partial charge in [0.2, 0.25) is 11.8 Å². The third-order valence-electron chi connectivity index (χ3n) is 4.59. The number of rotatable bonds is 5. The zero-order chi connectivity index (χ0) is 18.7. The number of carbonyl (C=O) groups excluding carboxylic acids is 2. The molecule has 1 aliphatic heterocycles. The molecule has 1 fully saturated rings. The predicted octanol–water partition coefficient (Wildman–Crippen LogP) is 3.13. The Kier molecular flexibility index (Phi) is 5.52. The lowest BCUT2D eigenvalue weighted by Gasteiger charge is -2.21. The average Bonchev–Trinajstić information content (AvgIpc) is 3.04. The molecule has 2 aromatic carbocycles. The summed E-state index contributed by atoms with van der Waals surface area (Å²) >= 11 is 1.65. The minimum absolute atomic E-state index is 0.0155. The molecule has 0 radical (unpaired) electrons. The van der Waals surface area contributed by atoms with Crippen LogP contribution in [0.4, 0.5) is 5.69 Å². The molecule has 3 rings (SSSR count). The highest BCUT2D eigenvalue weighted by Gasteiger charge is 2.36. The summed E-state index contributed by atoms with van der Waals surface area (Å²) in [6.07, 6.45) is 2.25. The van der Waals surface area contributed by atoms with Gasteiger partial charge in [-0.05, 0) is 48.2 Å². The van der Waals surface area contributed by atoms with Gasteiger partial charge in [0.25, 0.3) is 0 Å². The fourth-order valence-corrected chi connectivity index (χ4v) is 3.56. The van der Waals surface area contributed by atoms with Crippen molar-refractivity contribution in [2.75, 3.05) is 24.7 Å². The van der Waals surface area contributed by atoms with E-state index in [9.17, 15) is 14.7 Å². The van der Waals surface area contributed by atoms with Crippen molar-refractivity contribution in [3.63, 3.8) is 0 Å². The van der Waals surface area contributed by atoms with Crippen LogP contribution < -0.4 is 4.90 Å². The lowest BCUT2D eigenvalue weighted by Crippen LogP contribution is -2.34. The number of benzene rings is 2. The van der Waals surface area contributed by atoms with Crippen LogP contribution in [0.3, 0.4) is 0 Å². The molecule has 1 heterocycles. The van der Waals surface area contributed by atoms with E-state index in [4.69, 9.17) is 0 Å². The third-order valence-corrected chi connectivity index (χ3v) is 5.33. The van der Waals surface area contributed by atoms with Crippen LogP contribution in [0.5, 0.6) is 5.75 Å². The first kappa shape index (κ1) is 18.3. The first-order valence-electron chi connectivity index (χ1n) is 8.45. The van der Waals surface area contributed by atoms with Crippen molar-refractivity contribution in [3.05, 3.63) is 54.1 Å². The van der Waals surface area contributed by atoms with Crippen LogP contribution in [-0.2, 0) is 16.1 Å². The molecular formula is C20H22N2O3S. The smallest absolute Gasteiger partial charge is 0.228 e. The van der Waals surface area contributed by atoms with Gasteiger partial charge in [-0.3, -0.25) is 9.59 Å². The first-order valence-corrected chi connectivity index (χ1v) is 9.67.